The van der Waals surface area contributed by atoms with Gasteiger partial charge in [0.1, 0.15) is 5.82 Å². The quantitative estimate of drug-likeness (QED) is 0.485. The molecule has 2 unspecified atom stereocenters. The molecule has 31 heavy (non-hydrogen) atoms. The van der Waals surface area contributed by atoms with Crippen molar-refractivity contribution in [1.29, 1.82) is 0 Å². The maximum Gasteiger partial charge on any atom is 0.234 e. The highest BCUT2D eigenvalue weighted by Crippen LogP contribution is 2.40. The number of carbonyl (C=O) groups is 1. The average molecular weight is 447 g/mol. The van der Waals surface area contributed by atoms with Crippen LogP contribution in [0.2, 0.25) is 0 Å². The van der Waals surface area contributed by atoms with E-state index in [1.807, 2.05) is 6.07 Å². The maximum absolute atomic E-state index is 12.5. The first-order valence-electron chi connectivity index (χ1n) is 10.2. The van der Waals surface area contributed by atoms with Gasteiger partial charge in [-0.1, -0.05) is 25.6 Å². The molecule has 2 heterocycles. The van der Waals surface area contributed by atoms with Crippen LogP contribution in [0.4, 0.5) is 11.5 Å². The largest absolute Gasteiger partial charge is 0.493 e. The first kappa shape index (κ1) is 23.0. The minimum absolute atomic E-state index is 0.173. The molecule has 1 saturated heterocycles. The fourth-order valence-electron chi connectivity index (χ4n) is 3.91. The second-order valence-electron chi connectivity index (χ2n) is 7.80. The second kappa shape index (κ2) is 10.6. The van der Waals surface area contributed by atoms with Crippen LogP contribution in [0.15, 0.2) is 29.6 Å². The number of benzene rings is 1. The molecule has 2 aromatic rings. The van der Waals surface area contributed by atoms with E-state index in [0.29, 0.717) is 39.9 Å². The van der Waals surface area contributed by atoms with Crippen LogP contribution in [0.1, 0.15) is 20.3 Å². The molecule has 1 aliphatic rings. The van der Waals surface area contributed by atoms with Crippen molar-refractivity contribution in [3.63, 3.8) is 0 Å². The van der Waals surface area contributed by atoms with E-state index in [9.17, 15) is 4.79 Å². The molecule has 1 aromatic heterocycles. The Kier molecular flexibility index (Phi) is 7.84. The van der Waals surface area contributed by atoms with Crippen LogP contribution in [0.5, 0.6) is 17.2 Å². The lowest BCUT2D eigenvalue weighted by Crippen LogP contribution is -2.39. The number of rotatable bonds is 8. The topological polar surface area (TPSA) is 85.8 Å². The molecule has 0 saturated carbocycles. The van der Waals surface area contributed by atoms with Gasteiger partial charge in [-0.15, -0.1) is 0 Å². The molecule has 0 radical (unpaired) electrons. The lowest BCUT2D eigenvalue weighted by molar-refractivity contribution is -0.113. The Morgan fingerprint density at radius 2 is 1.77 bits per heavy atom. The average Bonchev–Trinajstić information content (AvgIpc) is 2.76. The van der Waals surface area contributed by atoms with Crippen molar-refractivity contribution in [2.24, 2.45) is 11.8 Å². The SMILES string of the molecule is COc1cc(NC(=O)CSc2nccc(N3CC(C)CC(C)C3)n2)cc(OC)c1OC. The normalized spacial score (nSPS) is 18.4. The summed E-state index contributed by atoms with van der Waals surface area (Å²) in [5, 5.41) is 3.45. The third-order valence-corrected chi connectivity index (χ3v) is 5.95. The van der Waals surface area contributed by atoms with Crippen LogP contribution in [0.25, 0.3) is 0 Å². The Bertz CT molecular complexity index is 876. The zero-order valence-corrected chi connectivity index (χ0v) is 19.5. The van der Waals surface area contributed by atoms with Gasteiger partial charge in [0.25, 0.3) is 0 Å². The molecule has 1 fully saturated rings. The number of methoxy groups -OCH3 is 3. The van der Waals surface area contributed by atoms with Crippen LogP contribution < -0.4 is 24.4 Å². The number of hydrogen-bond acceptors (Lipinski definition) is 8. The van der Waals surface area contributed by atoms with E-state index < -0.39 is 0 Å². The van der Waals surface area contributed by atoms with Crippen molar-refractivity contribution < 1.29 is 19.0 Å². The number of amides is 1. The Morgan fingerprint density at radius 1 is 1.13 bits per heavy atom. The smallest absolute Gasteiger partial charge is 0.234 e. The van der Waals surface area contributed by atoms with Crippen LogP contribution in [-0.2, 0) is 4.79 Å². The highest BCUT2D eigenvalue weighted by Gasteiger charge is 2.23. The number of nitrogens with zero attached hydrogens (tertiary/aromatic N) is 3. The molecule has 1 aromatic carbocycles. The van der Waals surface area contributed by atoms with Crippen molar-refractivity contribution in [1.82, 2.24) is 9.97 Å². The van der Waals surface area contributed by atoms with Crippen LogP contribution in [0, 0.1) is 11.8 Å². The number of hydrogen-bond donors (Lipinski definition) is 1. The molecule has 2 atom stereocenters. The Morgan fingerprint density at radius 3 is 2.35 bits per heavy atom. The molecule has 1 N–H and O–H groups in total. The van der Waals surface area contributed by atoms with Gasteiger partial charge in [0, 0.05) is 37.1 Å². The molecule has 1 amide bonds. The van der Waals surface area contributed by atoms with E-state index in [1.165, 1.54) is 39.5 Å². The highest BCUT2D eigenvalue weighted by atomic mass is 32.2. The van der Waals surface area contributed by atoms with Crippen molar-refractivity contribution >= 4 is 29.2 Å². The van der Waals surface area contributed by atoms with Crippen LogP contribution in [0.3, 0.4) is 0 Å². The van der Waals surface area contributed by atoms with Gasteiger partial charge in [-0.2, -0.15) is 0 Å². The predicted octanol–water partition coefficient (Wildman–Crippen LogP) is 3.72. The number of carbonyl (C=O) groups excluding carboxylic acids is 1. The fourth-order valence-corrected chi connectivity index (χ4v) is 4.53. The van der Waals surface area contributed by atoms with Gasteiger partial charge < -0.3 is 24.4 Å². The Labute approximate surface area is 187 Å². The number of ether oxygens (including phenoxy) is 3. The number of aromatic nitrogens is 2. The standard InChI is InChI=1S/C22H30N4O4S/c1-14-8-15(2)12-26(11-14)19-6-7-23-22(25-19)31-13-20(27)24-16-9-17(28-3)21(30-5)18(10-16)29-4/h6-7,9-10,14-15H,8,11-13H2,1-5H3,(H,24,27). The summed E-state index contributed by atoms with van der Waals surface area (Å²) in [6.45, 7) is 6.53. The second-order valence-corrected chi connectivity index (χ2v) is 8.74. The van der Waals surface area contributed by atoms with Crippen molar-refractivity contribution in [2.45, 2.75) is 25.4 Å². The van der Waals surface area contributed by atoms with E-state index in [0.717, 1.165) is 18.9 Å². The zero-order chi connectivity index (χ0) is 22.4. The van der Waals surface area contributed by atoms with Crippen molar-refractivity contribution in [3.05, 3.63) is 24.4 Å². The van der Waals surface area contributed by atoms with Gasteiger partial charge in [0.05, 0.1) is 27.1 Å². The summed E-state index contributed by atoms with van der Waals surface area (Å²) in [6.07, 6.45) is 3.00. The number of piperidine rings is 1. The van der Waals surface area contributed by atoms with Crippen molar-refractivity contribution in [2.75, 3.05) is 50.4 Å². The molecular formula is C22H30N4O4S. The van der Waals surface area contributed by atoms with Crippen LogP contribution in [-0.4, -0.2) is 56.0 Å². The lowest BCUT2D eigenvalue weighted by Gasteiger charge is -2.35. The summed E-state index contributed by atoms with van der Waals surface area (Å²) in [4.78, 5) is 23.8. The first-order chi connectivity index (χ1) is 14.9. The fraction of sp³-hybridized carbons (Fsp3) is 0.500. The predicted molar refractivity (Wildman–Crippen MR) is 123 cm³/mol. The van der Waals surface area contributed by atoms with Crippen LogP contribution >= 0.6 is 11.8 Å². The van der Waals surface area contributed by atoms with Gasteiger partial charge in [-0.05, 0) is 24.3 Å². The van der Waals surface area contributed by atoms with Gasteiger partial charge in [-0.3, -0.25) is 4.79 Å². The van der Waals surface area contributed by atoms with E-state index in [1.54, 1.807) is 18.3 Å². The molecular weight excluding hydrogens is 416 g/mol. The molecule has 1 aliphatic heterocycles. The highest BCUT2D eigenvalue weighted by molar-refractivity contribution is 7.99. The van der Waals surface area contributed by atoms with Gasteiger partial charge in [-0.25, -0.2) is 9.97 Å². The van der Waals surface area contributed by atoms with Crippen molar-refractivity contribution in [3.8, 4) is 17.2 Å². The summed E-state index contributed by atoms with van der Waals surface area (Å²) in [7, 11) is 4.61. The zero-order valence-electron chi connectivity index (χ0n) is 18.7. The van der Waals surface area contributed by atoms with E-state index in [-0.39, 0.29) is 11.7 Å². The molecule has 8 nitrogen and oxygen atoms in total. The summed E-state index contributed by atoms with van der Waals surface area (Å²) in [6, 6.07) is 5.32. The summed E-state index contributed by atoms with van der Waals surface area (Å²) in [5.41, 5.74) is 0.561. The number of anilines is 2. The molecule has 168 valence electrons. The molecule has 0 bridgehead atoms. The van der Waals surface area contributed by atoms with Gasteiger partial charge in [0.15, 0.2) is 16.7 Å². The van der Waals surface area contributed by atoms with E-state index in [2.05, 4.69) is 34.0 Å². The summed E-state index contributed by atoms with van der Waals surface area (Å²) in [5.74, 6) is 3.64. The maximum atomic E-state index is 12.5. The third kappa shape index (κ3) is 5.94. The van der Waals surface area contributed by atoms with Gasteiger partial charge >= 0.3 is 0 Å². The third-order valence-electron chi connectivity index (χ3n) is 5.09. The summed E-state index contributed by atoms with van der Waals surface area (Å²) < 4.78 is 16.0. The summed E-state index contributed by atoms with van der Waals surface area (Å²) >= 11 is 1.31. The minimum Gasteiger partial charge on any atom is -0.493 e. The number of thioether (sulfide) groups is 1. The Balaban J connectivity index is 1.62. The number of nitrogens with one attached hydrogen (secondary N) is 1. The molecule has 9 heteroatoms. The molecule has 3 rings (SSSR count). The van der Waals surface area contributed by atoms with E-state index in [4.69, 9.17) is 14.2 Å². The Hall–Kier alpha value is -2.68. The minimum atomic E-state index is -0.173. The van der Waals surface area contributed by atoms with E-state index >= 15 is 0 Å². The van der Waals surface area contributed by atoms with Gasteiger partial charge in [0.2, 0.25) is 11.7 Å². The molecule has 0 spiro atoms. The molecule has 0 aliphatic carbocycles. The monoisotopic (exact) mass is 446 g/mol. The first-order valence-corrected chi connectivity index (χ1v) is 11.2. The lowest BCUT2D eigenvalue weighted by atomic mass is 9.92.